The summed E-state index contributed by atoms with van der Waals surface area (Å²) < 4.78 is 23.2. The van der Waals surface area contributed by atoms with Gasteiger partial charge in [0.15, 0.2) is 0 Å². The Hall–Kier alpha value is -2.23. The van der Waals surface area contributed by atoms with E-state index in [2.05, 4.69) is 31.0 Å². The number of hydrogen-bond acceptors (Lipinski definition) is 5. The van der Waals surface area contributed by atoms with Crippen molar-refractivity contribution in [3.8, 4) is 17.6 Å². The van der Waals surface area contributed by atoms with Crippen molar-refractivity contribution in [1.29, 1.82) is 0 Å². The van der Waals surface area contributed by atoms with Crippen LogP contribution in [0.3, 0.4) is 0 Å². The Morgan fingerprint density at radius 1 is 0.938 bits per heavy atom. The Labute approximate surface area is 194 Å². The highest BCUT2D eigenvalue weighted by molar-refractivity contribution is 5.84. The fourth-order valence-corrected chi connectivity index (χ4v) is 2.59. The van der Waals surface area contributed by atoms with Gasteiger partial charge in [-0.1, -0.05) is 0 Å². The molecule has 0 saturated heterocycles. The quantitative estimate of drug-likeness (QED) is 0.305. The first-order valence-corrected chi connectivity index (χ1v) is 11.2. The predicted octanol–water partition coefficient (Wildman–Crippen LogP) is 6.20. The monoisotopic (exact) mass is 447 g/mol. The number of rotatable bonds is 12. The zero-order valence-electron chi connectivity index (χ0n) is 21.1. The van der Waals surface area contributed by atoms with Crippen molar-refractivity contribution >= 4 is 11.8 Å². The summed E-state index contributed by atoms with van der Waals surface area (Å²) in [5, 5.41) is 2.71. The number of carbonyl (C=O) groups excluding carboxylic acids is 1. The van der Waals surface area contributed by atoms with Crippen LogP contribution in [0.15, 0.2) is 24.3 Å². The Morgan fingerprint density at radius 3 is 2.19 bits per heavy atom. The summed E-state index contributed by atoms with van der Waals surface area (Å²) in [6.07, 6.45) is 2.03. The molecule has 1 aromatic carbocycles. The van der Waals surface area contributed by atoms with Gasteiger partial charge in [-0.05, 0) is 86.1 Å². The van der Waals surface area contributed by atoms with Gasteiger partial charge in [0.25, 0.3) is 0 Å². The molecule has 0 bridgehead atoms. The van der Waals surface area contributed by atoms with Crippen molar-refractivity contribution in [1.82, 2.24) is 0 Å². The number of nitrogens with one attached hydrogen (secondary N) is 1. The van der Waals surface area contributed by atoms with E-state index in [9.17, 15) is 4.79 Å². The molecule has 0 fully saturated rings. The fourth-order valence-electron chi connectivity index (χ4n) is 2.59. The third kappa shape index (κ3) is 13.2. The first-order valence-electron chi connectivity index (χ1n) is 11.2. The molecule has 0 aromatic heterocycles. The molecule has 0 radical (unpaired) electrons. The average molecular weight is 448 g/mol. The topological polar surface area (TPSA) is 66.0 Å². The molecule has 1 rings (SSSR count). The molecule has 0 unspecified atom stereocenters. The molecule has 6 nitrogen and oxygen atoms in total. The third-order valence-corrected chi connectivity index (χ3v) is 4.40. The molecule has 180 valence electrons. The molecule has 0 saturated carbocycles. The molecular weight excluding hydrogens is 406 g/mol. The van der Waals surface area contributed by atoms with Gasteiger partial charge in [0.1, 0.15) is 11.4 Å². The summed E-state index contributed by atoms with van der Waals surface area (Å²) in [7, 11) is 0. The molecule has 1 aromatic rings. The van der Waals surface area contributed by atoms with Crippen LogP contribution in [0.5, 0.6) is 5.75 Å². The molecule has 0 aliphatic rings. The summed E-state index contributed by atoms with van der Waals surface area (Å²) >= 11 is 0. The van der Waals surface area contributed by atoms with Crippen LogP contribution in [-0.2, 0) is 14.2 Å². The van der Waals surface area contributed by atoms with Crippen LogP contribution in [0, 0.1) is 11.8 Å². The van der Waals surface area contributed by atoms with Crippen LogP contribution < -0.4 is 10.1 Å². The largest absolute Gasteiger partial charge is 0.493 e. The van der Waals surface area contributed by atoms with E-state index in [-0.39, 0.29) is 11.2 Å². The van der Waals surface area contributed by atoms with E-state index in [1.807, 2.05) is 53.7 Å². The van der Waals surface area contributed by atoms with E-state index in [4.69, 9.17) is 18.9 Å². The number of carbonyl (C=O) groups is 1. The van der Waals surface area contributed by atoms with Crippen LogP contribution in [0.25, 0.3) is 0 Å². The van der Waals surface area contributed by atoms with E-state index in [1.165, 1.54) is 0 Å². The van der Waals surface area contributed by atoms with Gasteiger partial charge in [0.2, 0.25) is 0 Å². The van der Waals surface area contributed by atoms with Crippen molar-refractivity contribution in [3.05, 3.63) is 24.3 Å². The van der Waals surface area contributed by atoms with Gasteiger partial charge >= 0.3 is 6.09 Å². The molecule has 0 aliphatic carbocycles. The van der Waals surface area contributed by atoms with Crippen molar-refractivity contribution in [3.63, 3.8) is 0 Å². The lowest BCUT2D eigenvalue weighted by molar-refractivity contribution is -0.124. The molecule has 32 heavy (non-hydrogen) atoms. The predicted molar refractivity (Wildman–Crippen MR) is 129 cm³/mol. The van der Waals surface area contributed by atoms with Gasteiger partial charge in [-0.15, -0.1) is 11.8 Å². The number of hydrogen-bond donors (Lipinski definition) is 1. The number of ether oxygens (including phenoxy) is 4. The number of anilines is 1. The summed E-state index contributed by atoms with van der Waals surface area (Å²) in [4.78, 5) is 11.8. The minimum Gasteiger partial charge on any atom is -0.493 e. The third-order valence-electron chi connectivity index (χ3n) is 4.40. The maximum Gasteiger partial charge on any atom is 0.412 e. The number of unbranched alkanes of at least 4 members (excludes halogenated alkanes) is 1. The van der Waals surface area contributed by atoms with Crippen LogP contribution in [-0.4, -0.2) is 42.7 Å². The van der Waals surface area contributed by atoms with Crippen molar-refractivity contribution in [2.75, 3.05) is 25.1 Å². The van der Waals surface area contributed by atoms with Crippen molar-refractivity contribution in [2.45, 2.75) is 91.5 Å². The Balaban J connectivity index is 2.36. The smallest absolute Gasteiger partial charge is 0.412 e. The molecule has 6 heteroatoms. The summed E-state index contributed by atoms with van der Waals surface area (Å²) in [5.41, 5.74) is -0.576. The number of amides is 1. The molecule has 0 aliphatic heterocycles. The standard InChI is InChI=1S/C26H41NO5/c1-9-10-11-12-18-30-26(7,8)20-31-25(5,6)17-19-29-22-15-13-21(14-16-22)27-23(28)32-24(2,3)4/h13-16H,11-12,17-20H2,1-8H3,(H,27,28). The second kappa shape index (κ2) is 12.7. The van der Waals surface area contributed by atoms with Crippen molar-refractivity contribution < 1.29 is 23.7 Å². The zero-order chi connectivity index (χ0) is 24.3. The maximum absolute atomic E-state index is 11.8. The number of benzene rings is 1. The highest BCUT2D eigenvalue weighted by Crippen LogP contribution is 2.22. The van der Waals surface area contributed by atoms with Crippen molar-refractivity contribution in [2.24, 2.45) is 0 Å². The first-order chi connectivity index (χ1) is 14.8. The second-order valence-corrected chi connectivity index (χ2v) is 9.94. The molecule has 1 N–H and O–H groups in total. The Morgan fingerprint density at radius 2 is 1.59 bits per heavy atom. The van der Waals surface area contributed by atoms with Gasteiger partial charge in [-0.2, -0.15) is 0 Å². The molecule has 0 heterocycles. The second-order valence-electron chi connectivity index (χ2n) is 9.94. The molecule has 1 amide bonds. The maximum atomic E-state index is 11.8. The van der Waals surface area contributed by atoms with Crippen LogP contribution in [0.2, 0.25) is 0 Å². The summed E-state index contributed by atoms with van der Waals surface area (Å²) in [6.45, 7) is 17.2. The Kier molecular flexibility index (Phi) is 11.0. The molecule has 0 atom stereocenters. The van der Waals surface area contributed by atoms with E-state index in [0.29, 0.717) is 25.5 Å². The summed E-state index contributed by atoms with van der Waals surface area (Å²) in [6, 6.07) is 7.21. The van der Waals surface area contributed by atoms with Gasteiger partial charge < -0.3 is 18.9 Å². The highest BCUT2D eigenvalue weighted by Gasteiger charge is 2.25. The lowest BCUT2D eigenvalue weighted by Gasteiger charge is -2.32. The lowest BCUT2D eigenvalue weighted by atomic mass is 10.0. The normalized spacial score (nSPS) is 12.0. The average Bonchev–Trinajstić information content (AvgIpc) is 2.66. The van der Waals surface area contributed by atoms with Crippen LogP contribution in [0.1, 0.15) is 74.7 Å². The van der Waals surface area contributed by atoms with Gasteiger partial charge in [0.05, 0.1) is 24.4 Å². The zero-order valence-corrected chi connectivity index (χ0v) is 21.1. The van der Waals surface area contributed by atoms with E-state index >= 15 is 0 Å². The summed E-state index contributed by atoms with van der Waals surface area (Å²) in [5.74, 6) is 6.67. The van der Waals surface area contributed by atoms with Crippen LogP contribution in [0.4, 0.5) is 10.5 Å². The first kappa shape index (κ1) is 27.8. The Bertz CT molecular complexity index is 751. The van der Waals surface area contributed by atoms with E-state index < -0.39 is 11.7 Å². The minimum atomic E-state index is -0.535. The molecular formula is C26H41NO5. The van der Waals surface area contributed by atoms with Gasteiger partial charge in [0, 0.05) is 25.1 Å². The van der Waals surface area contributed by atoms with E-state index in [0.717, 1.165) is 25.0 Å². The van der Waals surface area contributed by atoms with E-state index in [1.54, 1.807) is 12.1 Å². The lowest BCUT2D eigenvalue weighted by Crippen LogP contribution is -2.37. The minimum absolute atomic E-state index is 0.341. The van der Waals surface area contributed by atoms with Gasteiger partial charge in [-0.25, -0.2) is 4.79 Å². The SMILES string of the molecule is CC#CCCCOC(C)(C)COC(C)(C)CCOc1ccc(NC(=O)OC(C)(C)C)cc1. The van der Waals surface area contributed by atoms with Crippen LogP contribution >= 0.6 is 0 Å². The van der Waals surface area contributed by atoms with Gasteiger partial charge in [-0.3, -0.25) is 5.32 Å². The fraction of sp³-hybridized carbons (Fsp3) is 0.654. The highest BCUT2D eigenvalue weighted by atomic mass is 16.6. The molecule has 0 spiro atoms.